The van der Waals surface area contributed by atoms with Gasteiger partial charge in [0.2, 0.25) is 0 Å². The number of phenols is 1. The maximum absolute atomic E-state index is 11.6. The van der Waals surface area contributed by atoms with Crippen molar-refractivity contribution in [3.63, 3.8) is 0 Å². The van der Waals surface area contributed by atoms with Crippen LogP contribution in [0, 0.1) is 0 Å². The van der Waals surface area contributed by atoms with Crippen LogP contribution in [-0.2, 0) is 4.79 Å². The topological polar surface area (TPSA) is 64.9 Å². The van der Waals surface area contributed by atoms with Gasteiger partial charge in [-0.25, -0.2) is 5.43 Å². The molecule has 0 radical (unpaired) electrons. The number of halogens is 1. The average molecular weight is 326 g/mol. The monoisotopic (exact) mass is 325 g/mol. The van der Waals surface area contributed by atoms with Crippen LogP contribution in [0.1, 0.15) is 18.4 Å². The number of nitrogens with one attached hydrogen (secondary N) is 1. The number of benzene rings is 1. The molecule has 0 unspecified atom stereocenters. The number of likely N-dealkylation sites (tertiary alicyclic amines) is 1. The molecule has 0 atom stereocenters. The quantitative estimate of drug-likeness (QED) is 0.654. The first-order valence-corrected chi connectivity index (χ1v) is 6.97. The minimum atomic E-state index is -0.132. The summed E-state index contributed by atoms with van der Waals surface area (Å²) in [5.74, 6) is -0.00613. The average Bonchev–Trinajstić information content (AvgIpc) is 2.86. The highest BCUT2D eigenvalue weighted by Crippen LogP contribution is 2.19. The molecule has 1 aliphatic rings. The lowest BCUT2D eigenvalue weighted by Gasteiger charge is -2.12. The van der Waals surface area contributed by atoms with Gasteiger partial charge in [-0.05, 0) is 44.1 Å². The molecule has 102 valence electrons. The van der Waals surface area contributed by atoms with Crippen LogP contribution in [-0.4, -0.2) is 41.8 Å². The highest BCUT2D eigenvalue weighted by atomic mass is 79.9. The molecule has 2 N–H and O–H groups in total. The molecule has 2 rings (SSSR count). The molecule has 1 aromatic carbocycles. The maximum Gasteiger partial charge on any atom is 0.254 e. The largest absolute Gasteiger partial charge is 0.507 e. The summed E-state index contributed by atoms with van der Waals surface area (Å²) in [4.78, 5) is 13.7. The van der Waals surface area contributed by atoms with Crippen molar-refractivity contribution in [3.8, 4) is 5.75 Å². The summed E-state index contributed by atoms with van der Waals surface area (Å²) in [6, 6.07) is 5.03. The van der Waals surface area contributed by atoms with Gasteiger partial charge in [0.05, 0.1) is 12.8 Å². The number of aromatic hydroxyl groups is 1. The first-order chi connectivity index (χ1) is 9.15. The second-order valence-corrected chi connectivity index (χ2v) is 5.40. The van der Waals surface area contributed by atoms with Crippen LogP contribution in [0.4, 0.5) is 0 Å². The molecule has 1 saturated heterocycles. The van der Waals surface area contributed by atoms with Gasteiger partial charge in [0.1, 0.15) is 5.75 Å². The van der Waals surface area contributed by atoms with Gasteiger partial charge >= 0.3 is 0 Å². The zero-order valence-corrected chi connectivity index (χ0v) is 12.1. The Balaban J connectivity index is 1.85. The van der Waals surface area contributed by atoms with Crippen LogP contribution in [0.5, 0.6) is 5.75 Å². The molecule has 1 fully saturated rings. The Morgan fingerprint density at radius 3 is 2.95 bits per heavy atom. The smallest absolute Gasteiger partial charge is 0.254 e. The SMILES string of the molecule is O=C(CN1CCCC1)N/N=C/c1cc(Br)ccc1O. The van der Waals surface area contributed by atoms with Crippen LogP contribution in [0.15, 0.2) is 27.8 Å². The summed E-state index contributed by atoms with van der Waals surface area (Å²) in [6.45, 7) is 2.33. The Bertz CT molecular complexity index is 485. The lowest BCUT2D eigenvalue weighted by Crippen LogP contribution is -2.33. The Morgan fingerprint density at radius 1 is 1.47 bits per heavy atom. The molecule has 1 amide bonds. The highest BCUT2D eigenvalue weighted by molar-refractivity contribution is 9.10. The van der Waals surface area contributed by atoms with E-state index in [0.29, 0.717) is 12.1 Å². The van der Waals surface area contributed by atoms with E-state index in [1.807, 2.05) is 0 Å². The molecule has 0 saturated carbocycles. The lowest BCUT2D eigenvalue weighted by molar-refractivity contribution is -0.121. The maximum atomic E-state index is 11.6. The Labute approximate surface area is 120 Å². The number of hydrogen-bond donors (Lipinski definition) is 2. The van der Waals surface area contributed by atoms with Gasteiger partial charge in [-0.2, -0.15) is 5.10 Å². The van der Waals surface area contributed by atoms with Crippen LogP contribution in [0.25, 0.3) is 0 Å². The molecule has 1 aliphatic heterocycles. The number of rotatable bonds is 4. The second kappa shape index (κ2) is 6.68. The van der Waals surface area contributed by atoms with Crippen LogP contribution in [0.3, 0.4) is 0 Å². The fourth-order valence-electron chi connectivity index (χ4n) is 1.98. The van der Waals surface area contributed by atoms with Crippen molar-refractivity contribution in [2.24, 2.45) is 5.10 Å². The van der Waals surface area contributed by atoms with Gasteiger partial charge in [0.25, 0.3) is 5.91 Å². The minimum Gasteiger partial charge on any atom is -0.507 e. The summed E-state index contributed by atoms with van der Waals surface area (Å²) >= 11 is 3.31. The van der Waals surface area contributed by atoms with E-state index in [2.05, 4.69) is 31.4 Å². The molecule has 0 bridgehead atoms. The fraction of sp³-hybridized carbons (Fsp3) is 0.385. The second-order valence-electron chi connectivity index (χ2n) is 4.48. The number of phenolic OH excluding ortho intramolecular Hbond substituents is 1. The van der Waals surface area contributed by atoms with E-state index in [9.17, 15) is 9.90 Å². The minimum absolute atomic E-state index is 0.126. The van der Waals surface area contributed by atoms with Crippen molar-refractivity contribution in [2.75, 3.05) is 19.6 Å². The number of hydrogen-bond acceptors (Lipinski definition) is 4. The van der Waals surface area contributed by atoms with Crippen LogP contribution < -0.4 is 5.43 Å². The van der Waals surface area contributed by atoms with Crippen molar-refractivity contribution in [2.45, 2.75) is 12.8 Å². The van der Waals surface area contributed by atoms with Gasteiger partial charge in [-0.15, -0.1) is 0 Å². The molecule has 0 aromatic heterocycles. The Kier molecular flexibility index (Phi) is 4.93. The van der Waals surface area contributed by atoms with E-state index in [-0.39, 0.29) is 11.7 Å². The molecule has 19 heavy (non-hydrogen) atoms. The van der Waals surface area contributed by atoms with Crippen molar-refractivity contribution < 1.29 is 9.90 Å². The lowest BCUT2D eigenvalue weighted by atomic mass is 10.2. The van der Waals surface area contributed by atoms with Crippen LogP contribution in [0.2, 0.25) is 0 Å². The molecule has 1 heterocycles. The van der Waals surface area contributed by atoms with Gasteiger partial charge in [0.15, 0.2) is 0 Å². The summed E-state index contributed by atoms with van der Waals surface area (Å²) in [5.41, 5.74) is 3.02. The molecule has 0 spiro atoms. The summed E-state index contributed by atoms with van der Waals surface area (Å²) in [6.07, 6.45) is 3.74. The molecule has 1 aromatic rings. The van der Waals surface area contributed by atoms with Gasteiger partial charge < -0.3 is 5.11 Å². The van der Waals surface area contributed by atoms with Crippen molar-refractivity contribution in [1.82, 2.24) is 10.3 Å². The summed E-state index contributed by atoms with van der Waals surface area (Å²) < 4.78 is 0.843. The van der Waals surface area contributed by atoms with Crippen molar-refractivity contribution >= 4 is 28.1 Å². The zero-order valence-electron chi connectivity index (χ0n) is 10.5. The summed E-state index contributed by atoms with van der Waals surface area (Å²) in [7, 11) is 0. The van der Waals surface area contributed by atoms with E-state index >= 15 is 0 Å². The number of amides is 1. The molecule has 6 heteroatoms. The Morgan fingerprint density at radius 2 is 2.21 bits per heavy atom. The third kappa shape index (κ3) is 4.33. The van der Waals surface area contributed by atoms with Crippen molar-refractivity contribution in [3.05, 3.63) is 28.2 Å². The van der Waals surface area contributed by atoms with Crippen LogP contribution >= 0.6 is 15.9 Å². The van der Waals surface area contributed by atoms with E-state index in [0.717, 1.165) is 30.4 Å². The molecule has 0 aliphatic carbocycles. The highest BCUT2D eigenvalue weighted by Gasteiger charge is 2.14. The fourth-order valence-corrected chi connectivity index (χ4v) is 2.36. The molecule has 5 nitrogen and oxygen atoms in total. The van der Waals surface area contributed by atoms with Crippen molar-refractivity contribution in [1.29, 1.82) is 0 Å². The van der Waals surface area contributed by atoms with E-state index in [1.165, 1.54) is 6.21 Å². The molecular weight excluding hydrogens is 310 g/mol. The zero-order chi connectivity index (χ0) is 13.7. The van der Waals surface area contributed by atoms with Gasteiger partial charge in [0, 0.05) is 10.0 Å². The first kappa shape index (κ1) is 14.0. The van der Waals surface area contributed by atoms with Gasteiger partial charge in [-0.3, -0.25) is 9.69 Å². The number of carbonyl (C=O) groups excluding carboxylic acids is 1. The predicted molar refractivity (Wildman–Crippen MR) is 77.2 cm³/mol. The number of carbonyl (C=O) groups is 1. The third-order valence-corrected chi connectivity index (χ3v) is 3.44. The van der Waals surface area contributed by atoms with E-state index in [1.54, 1.807) is 18.2 Å². The van der Waals surface area contributed by atoms with E-state index in [4.69, 9.17) is 0 Å². The predicted octanol–water partition coefficient (Wildman–Crippen LogP) is 1.70. The first-order valence-electron chi connectivity index (χ1n) is 6.18. The molecular formula is C13H16BrN3O2. The number of hydrazone groups is 1. The number of nitrogens with zero attached hydrogens (tertiary/aromatic N) is 2. The normalized spacial score (nSPS) is 16.1. The Hall–Kier alpha value is -1.40. The summed E-state index contributed by atoms with van der Waals surface area (Å²) in [5, 5.41) is 13.5. The van der Waals surface area contributed by atoms with E-state index < -0.39 is 0 Å². The standard InChI is InChI=1S/C13H16BrN3O2/c14-11-3-4-12(18)10(7-11)8-15-16-13(19)9-17-5-1-2-6-17/h3-4,7-8,18H,1-2,5-6,9H2,(H,16,19)/b15-8+. The third-order valence-electron chi connectivity index (χ3n) is 2.95. The van der Waals surface area contributed by atoms with Gasteiger partial charge in [-0.1, -0.05) is 15.9 Å².